The van der Waals surface area contributed by atoms with Crippen LogP contribution in [0.5, 0.6) is 11.5 Å². The molecule has 3 rings (SSSR count). The molecule has 0 aromatic heterocycles. The smallest absolute Gasteiger partial charge is 0.327 e. The third-order valence-electron chi connectivity index (χ3n) is 6.94. The first-order chi connectivity index (χ1) is 16.4. The van der Waals surface area contributed by atoms with Crippen molar-refractivity contribution in [1.82, 2.24) is 10.2 Å². The number of urea groups is 1. The third kappa shape index (κ3) is 5.68. The Morgan fingerprint density at radius 2 is 1.83 bits per heavy atom. The number of benzene rings is 1. The molecule has 1 spiro atoms. The number of methoxy groups -OCH3 is 2. The van der Waals surface area contributed by atoms with Crippen LogP contribution in [0.25, 0.3) is 0 Å². The zero-order valence-corrected chi connectivity index (χ0v) is 21.2. The molecule has 1 heterocycles. The normalized spacial score (nSPS) is 23.0. The quantitative estimate of drug-likeness (QED) is 0.446. The Balaban J connectivity index is 1.58. The molecule has 0 bridgehead atoms. The van der Waals surface area contributed by atoms with Crippen LogP contribution in [-0.2, 0) is 19.1 Å². The van der Waals surface area contributed by atoms with E-state index < -0.39 is 42.0 Å². The minimum absolute atomic E-state index is 0.127. The van der Waals surface area contributed by atoms with Gasteiger partial charge in [-0.1, -0.05) is 20.8 Å². The predicted molar refractivity (Wildman–Crippen MR) is 128 cm³/mol. The van der Waals surface area contributed by atoms with E-state index in [1.54, 1.807) is 18.2 Å². The van der Waals surface area contributed by atoms with Crippen LogP contribution in [-0.4, -0.2) is 61.1 Å². The summed E-state index contributed by atoms with van der Waals surface area (Å²) in [6.45, 7) is 7.37. The van der Waals surface area contributed by atoms with Crippen molar-refractivity contribution in [3.63, 3.8) is 0 Å². The number of ether oxygens (including phenoxy) is 3. The first kappa shape index (κ1) is 26.3. The number of amides is 4. The molecule has 1 aromatic carbocycles. The topological polar surface area (TPSA) is 123 Å². The number of hydrogen-bond donors (Lipinski definition) is 2. The Hall–Kier alpha value is -3.30. The first-order valence-corrected chi connectivity index (χ1v) is 11.8. The molecule has 35 heavy (non-hydrogen) atoms. The highest BCUT2D eigenvalue weighted by Gasteiger charge is 2.53. The molecule has 1 aliphatic heterocycles. The van der Waals surface area contributed by atoms with Crippen LogP contribution in [0.15, 0.2) is 18.2 Å². The summed E-state index contributed by atoms with van der Waals surface area (Å²) in [4.78, 5) is 51.6. The van der Waals surface area contributed by atoms with Gasteiger partial charge in [-0.2, -0.15) is 0 Å². The summed E-state index contributed by atoms with van der Waals surface area (Å²) in [5.41, 5.74) is -0.491. The van der Waals surface area contributed by atoms with Crippen LogP contribution in [0.3, 0.4) is 0 Å². The van der Waals surface area contributed by atoms with Gasteiger partial charge < -0.3 is 24.8 Å². The molecule has 1 unspecified atom stereocenters. The molecule has 1 aromatic rings. The van der Waals surface area contributed by atoms with Gasteiger partial charge >= 0.3 is 12.0 Å². The van der Waals surface area contributed by atoms with Crippen LogP contribution >= 0.6 is 0 Å². The van der Waals surface area contributed by atoms with Crippen LogP contribution < -0.4 is 20.1 Å². The fourth-order valence-corrected chi connectivity index (χ4v) is 4.70. The standard InChI is InChI=1S/C25H35N3O7/c1-15(21(30)26-18-13-17(33-5)7-8-19(18)34-6)35-20(29)14-28-22(31)25(27-23(28)32)11-9-16(10-12-25)24(2,3)4/h7-8,13,15-16H,9-12,14H2,1-6H3,(H,26,30)(H,27,32). The number of nitrogens with zero attached hydrogens (tertiary/aromatic N) is 1. The minimum atomic E-state index is -1.17. The second-order valence-electron chi connectivity index (χ2n) is 10.2. The maximum atomic E-state index is 13.1. The molecule has 192 valence electrons. The number of carbonyl (C=O) groups is 4. The van der Waals surface area contributed by atoms with Crippen molar-refractivity contribution in [3.8, 4) is 11.5 Å². The van der Waals surface area contributed by atoms with Gasteiger partial charge in [-0.3, -0.25) is 19.3 Å². The van der Waals surface area contributed by atoms with Gasteiger partial charge in [-0.25, -0.2) is 4.79 Å². The van der Waals surface area contributed by atoms with Crippen molar-refractivity contribution >= 4 is 29.5 Å². The maximum absolute atomic E-state index is 13.1. The number of esters is 1. The van der Waals surface area contributed by atoms with Gasteiger partial charge in [0.05, 0.1) is 19.9 Å². The summed E-state index contributed by atoms with van der Waals surface area (Å²) in [6.07, 6.45) is 1.53. The minimum Gasteiger partial charge on any atom is -0.497 e. The lowest BCUT2D eigenvalue weighted by atomic mass is 9.67. The van der Waals surface area contributed by atoms with E-state index in [-0.39, 0.29) is 5.41 Å². The first-order valence-electron chi connectivity index (χ1n) is 11.8. The van der Waals surface area contributed by atoms with Gasteiger partial charge in [0.2, 0.25) is 0 Å². The fraction of sp³-hybridized carbons (Fsp3) is 0.600. The molecule has 10 heteroatoms. The summed E-state index contributed by atoms with van der Waals surface area (Å²) in [5.74, 6) is -0.490. The number of imide groups is 1. The zero-order chi connectivity index (χ0) is 26.0. The second-order valence-corrected chi connectivity index (χ2v) is 10.2. The lowest BCUT2D eigenvalue weighted by Crippen LogP contribution is -2.50. The Kier molecular flexibility index (Phi) is 7.62. The van der Waals surface area contributed by atoms with Gasteiger partial charge in [0.1, 0.15) is 23.6 Å². The highest BCUT2D eigenvalue weighted by atomic mass is 16.5. The predicted octanol–water partition coefficient (Wildman–Crippen LogP) is 3.10. The second kappa shape index (κ2) is 10.1. The van der Waals surface area contributed by atoms with Crippen LogP contribution in [0.4, 0.5) is 10.5 Å². The van der Waals surface area contributed by atoms with Crippen molar-refractivity contribution in [1.29, 1.82) is 0 Å². The number of anilines is 1. The van der Waals surface area contributed by atoms with E-state index in [9.17, 15) is 19.2 Å². The average Bonchev–Trinajstić information content (AvgIpc) is 3.02. The van der Waals surface area contributed by atoms with E-state index in [0.717, 1.165) is 17.7 Å². The van der Waals surface area contributed by atoms with Gasteiger partial charge in [0.25, 0.3) is 11.8 Å². The van der Waals surface area contributed by atoms with E-state index in [4.69, 9.17) is 14.2 Å². The molecule has 1 saturated carbocycles. The summed E-state index contributed by atoms with van der Waals surface area (Å²) >= 11 is 0. The largest absolute Gasteiger partial charge is 0.497 e. The number of nitrogens with one attached hydrogen (secondary N) is 2. The molecular weight excluding hydrogens is 454 g/mol. The van der Waals surface area contributed by atoms with Crippen molar-refractivity contribution in [2.24, 2.45) is 11.3 Å². The summed E-state index contributed by atoms with van der Waals surface area (Å²) in [6, 6.07) is 4.28. The van der Waals surface area contributed by atoms with E-state index >= 15 is 0 Å². The van der Waals surface area contributed by atoms with Crippen LogP contribution in [0.2, 0.25) is 0 Å². The molecule has 4 amide bonds. The Bertz CT molecular complexity index is 993. The fourth-order valence-electron chi connectivity index (χ4n) is 4.70. The van der Waals surface area contributed by atoms with Gasteiger partial charge in [-0.05, 0) is 56.1 Å². The van der Waals surface area contributed by atoms with Crippen LogP contribution in [0, 0.1) is 11.3 Å². The lowest BCUT2D eigenvalue weighted by molar-refractivity contribution is -0.155. The number of rotatable bonds is 7. The van der Waals surface area contributed by atoms with Gasteiger partial charge in [0.15, 0.2) is 6.10 Å². The van der Waals surface area contributed by atoms with Crippen LogP contribution in [0.1, 0.15) is 53.4 Å². The molecule has 2 N–H and O–H groups in total. The van der Waals surface area contributed by atoms with Crippen molar-refractivity contribution in [2.75, 3.05) is 26.1 Å². The van der Waals surface area contributed by atoms with E-state index in [0.29, 0.717) is 35.9 Å². The van der Waals surface area contributed by atoms with E-state index in [1.807, 2.05) is 0 Å². The summed E-state index contributed by atoms with van der Waals surface area (Å²) in [7, 11) is 2.95. The zero-order valence-electron chi connectivity index (χ0n) is 21.2. The van der Waals surface area contributed by atoms with Gasteiger partial charge in [-0.15, -0.1) is 0 Å². The summed E-state index contributed by atoms with van der Waals surface area (Å²) in [5, 5.41) is 5.44. The number of hydrogen-bond acceptors (Lipinski definition) is 7. The molecule has 1 atom stereocenters. The molecule has 2 fully saturated rings. The Labute approximate surface area is 205 Å². The number of carbonyl (C=O) groups excluding carboxylic acids is 4. The lowest BCUT2D eigenvalue weighted by Gasteiger charge is -2.40. The van der Waals surface area contributed by atoms with Crippen molar-refractivity contribution in [2.45, 2.75) is 65.0 Å². The molecule has 1 aliphatic carbocycles. The highest BCUT2D eigenvalue weighted by Crippen LogP contribution is 2.43. The highest BCUT2D eigenvalue weighted by molar-refractivity contribution is 6.09. The monoisotopic (exact) mass is 489 g/mol. The maximum Gasteiger partial charge on any atom is 0.327 e. The van der Waals surface area contributed by atoms with Gasteiger partial charge in [0, 0.05) is 6.07 Å². The van der Waals surface area contributed by atoms with E-state index in [1.165, 1.54) is 21.1 Å². The molecule has 2 aliphatic rings. The molecule has 1 saturated heterocycles. The van der Waals surface area contributed by atoms with Crippen molar-refractivity contribution in [3.05, 3.63) is 18.2 Å². The van der Waals surface area contributed by atoms with Crippen molar-refractivity contribution < 1.29 is 33.4 Å². The molecular formula is C25H35N3O7. The van der Waals surface area contributed by atoms with E-state index in [2.05, 4.69) is 31.4 Å². The molecule has 0 radical (unpaired) electrons. The SMILES string of the molecule is COc1ccc(OC)c(NC(=O)C(C)OC(=O)CN2C(=O)NC3(CCC(C(C)(C)C)CC3)C2=O)c1. The molecule has 10 nitrogen and oxygen atoms in total. The Morgan fingerprint density at radius 1 is 1.17 bits per heavy atom. The summed E-state index contributed by atoms with van der Waals surface area (Å²) < 4.78 is 15.6. The third-order valence-corrected chi connectivity index (χ3v) is 6.94. The Morgan fingerprint density at radius 3 is 2.40 bits per heavy atom. The average molecular weight is 490 g/mol.